The lowest BCUT2D eigenvalue weighted by Crippen LogP contribution is -2.58. The third-order valence-electron chi connectivity index (χ3n) is 4.69. The third-order valence-corrected chi connectivity index (χ3v) is 4.69. The Morgan fingerprint density at radius 2 is 2.14 bits per heavy atom. The van der Waals surface area contributed by atoms with Crippen LogP contribution in [0, 0.1) is 11.8 Å². The van der Waals surface area contributed by atoms with Gasteiger partial charge in [-0.25, -0.2) is 0 Å². The van der Waals surface area contributed by atoms with Crippen LogP contribution in [0.2, 0.25) is 0 Å². The predicted octanol–water partition coefficient (Wildman–Crippen LogP) is 3.32. The third kappa shape index (κ3) is 4.79. The summed E-state index contributed by atoms with van der Waals surface area (Å²) in [4.78, 5) is 7.17. The second kappa shape index (κ2) is 7.90. The number of hydrogen-bond acceptors (Lipinski definition) is 3. The Kier molecular flexibility index (Phi) is 6.19. The number of rotatable bonds is 6. The molecule has 0 aromatic carbocycles. The Labute approximate surface area is 130 Å². The van der Waals surface area contributed by atoms with Crippen molar-refractivity contribution in [1.29, 1.82) is 0 Å². The molecular weight excluding hydrogens is 258 g/mol. The van der Waals surface area contributed by atoms with E-state index in [1.54, 1.807) is 0 Å². The van der Waals surface area contributed by atoms with Gasteiger partial charge in [0.25, 0.3) is 0 Å². The predicted molar refractivity (Wildman–Crippen MR) is 89.1 cm³/mol. The molecule has 1 aliphatic heterocycles. The van der Waals surface area contributed by atoms with E-state index in [1.807, 2.05) is 12.3 Å². The van der Waals surface area contributed by atoms with Crippen molar-refractivity contribution in [3.05, 3.63) is 30.1 Å². The van der Waals surface area contributed by atoms with Crippen molar-refractivity contribution in [1.82, 2.24) is 15.2 Å². The first-order chi connectivity index (χ1) is 10.1. The van der Waals surface area contributed by atoms with E-state index in [1.165, 1.54) is 18.5 Å². The van der Waals surface area contributed by atoms with Crippen LogP contribution in [0.3, 0.4) is 0 Å². The fourth-order valence-corrected chi connectivity index (χ4v) is 3.34. The highest BCUT2D eigenvalue weighted by molar-refractivity contribution is 5.04. The summed E-state index contributed by atoms with van der Waals surface area (Å²) in [5, 5.41) is 3.77. The lowest BCUT2D eigenvalue weighted by Gasteiger charge is -2.43. The van der Waals surface area contributed by atoms with Gasteiger partial charge in [-0.3, -0.25) is 9.88 Å². The maximum Gasteiger partial charge on any atom is 0.0544 e. The van der Waals surface area contributed by atoms with Crippen LogP contribution in [0.5, 0.6) is 0 Å². The molecule has 118 valence electrons. The minimum atomic E-state index is 0.619. The van der Waals surface area contributed by atoms with Crippen LogP contribution >= 0.6 is 0 Å². The fraction of sp³-hybridized carbons (Fsp3) is 0.722. The van der Waals surface area contributed by atoms with Gasteiger partial charge in [0.05, 0.1) is 5.69 Å². The number of pyridine rings is 1. The number of nitrogens with one attached hydrogen (secondary N) is 1. The molecule has 2 heterocycles. The lowest BCUT2D eigenvalue weighted by atomic mass is 9.92. The van der Waals surface area contributed by atoms with Gasteiger partial charge < -0.3 is 5.32 Å². The molecule has 0 spiro atoms. The van der Waals surface area contributed by atoms with Crippen molar-refractivity contribution in [2.75, 3.05) is 13.1 Å². The molecule has 1 aromatic heterocycles. The van der Waals surface area contributed by atoms with Crippen molar-refractivity contribution in [2.24, 2.45) is 11.8 Å². The molecule has 3 unspecified atom stereocenters. The van der Waals surface area contributed by atoms with Crippen molar-refractivity contribution < 1.29 is 0 Å². The first kappa shape index (κ1) is 16.4. The largest absolute Gasteiger partial charge is 0.311 e. The molecule has 0 aliphatic carbocycles. The second-order valence-corrected chi connectivity index (χ2v) is 6.94. The smallest absolute Gasteiger partial charge is 0.0544 e. The molecule has 3 nitrogen and oxygen atoms in total. The van der Waals surface area contributed by atoms with Gasteiger partial charge in [-0.2, -0.15) is 0 Å². The first-order valence-electron chi connectivity index (χ1n) is 8.47. The van der Waals surface area contributed by atoms with Gasteiger partial charge in [0, 0.05) is 37.9 Å². The van der Waals surface area contributed by atoms with Crippen molar-refractivity contribution in [2.45, 2.75) is 59.2 Å². The molecule has 0 saturated carbocycles. The van der Waals surface area contributed by atoms with Crippen LogP contribution in [-0.4, -0.2) is 35.1 Å². The maximum absolute atomic E-state index is 4.52. The van der Waals surface area contributed by atoms with E-state index in [0.29, 0.717) is 12.1 Å². The molecule has 1 N–H and O–H groups in total. The summed E-state index contributed by atoms with van der Waals surface area (Å²) in [6.07, 6.45) is 4.40. The molecule has 1 aliphatic rings. The maximum atomic E-state index is 4.52. The summed E-state index contributed by atoms with van der Waals surface area (Å²) in [5.41, 5.74) is 1.19. The van der Waals surface area contributed by atoms with Crippen LogP contribution in [0.25, 0.3) is 0 Å². The summed E-state index contributed by atoms with van der Waals surface area (Å²) in [6, 6.07) is 7.48. The van der Waals surface area contributed by atoms with Crippen molar-refractivity contribution >= 4 is 0 Å². The van der Waals surface area contributed by atoms with Crippen LogP contribution < -0.4 is 5.32 Å². The van der Waals surface area contributed by atoms with Crippen molar-refractivity contribution in [3.8, 4) is 0 Å². The Bertz CT molecular complexity index is 404. The van der Waals surface area contributed by atoms with Crippen LogP contribution in [0.1, 0.15) is 46.2 Å². The van der Waals surface area contributed by atoms with Gasteiger partial charge >= 0.3 is 0 Å². The molecule has 0 radical (unpaired) electrons. The monoisotopic (exact) mass is 289 g/mol. The standard InChI is InChI=1S/C18H31N3/c1-5-15(4)18-11-20-17(10-14(2)3)13-21(18)12-16-8-6-7-9-19-16/h6-9,14-15,17-18,20H,5,10-13H2,1-4H3. The van der Waals surface area contributed by atoms with Gasteiger partial charge in [0.15, 0.2) is 0 Å². The number of nitrogens with zero attached hydrogens (tertiary/aromatic N) is 2. The summed E-state index contributed by atoms with van der Waals surface area (Å²) in [6.45, 7) is 12.5. The molecule has 3 atom stereocenters. The van der Waals surface area contributed by atoms with Crippen LogP contribution in [-0.2, 0) is 6.54 Å². The zero-order valence-electron chi connectivity index (χ0n) is 14.0. The number of hydrogen-bond donors (Lipinski definition) is 1. The Morgan fingerprint density at radius 3 is 2.76 bits per heavy atom. The van der Waals surface area contributed by atoms with Crippen molar-refractivity contribution in [3.63, 3.8) is 0 Å². The molecule has 0 amide bonds. The normalized spacial score (nSPS) is 25.2. The molecule has 0 bridgehead atoms. The molecule has 2 rings (SSSR count). The summed E-state index contributed by atoms with van der Waals surface area (Å²) in [5.74, 6) is 1.47. The van der Waals surface area contributed by atoms with Gasteiger partial charge in [-0.05, 0) is 30.4 Å². The quantitative estimate of drug-likeness (QED) is 0.871. The van der Waals surface area contributed by atoms with E-state index in [4.69, 9.17) is 0 Å². The minimum absolute atomic E-state index is 0.619. The van der Waals surface area contributed by atoms with Gasteiger partial charge in [-0.15, -0.1) is 0 Å². The van der Waals surface area contributed by atoms with Crippen LogP contribution in [0.4, 0.5) is 0 Å². The topological polar surface area (TPSA) is 28.2 Å². The van der Waals surface area contributed by atoms with E-state index in [9.17, 15) is 0 Å². The van der Waals surface area contributed by atoms with E-state index in [0.717, 1.165) is 31.5 Å². The van der Waals surface area contributed by atoms with Gasteiger partial charge in [0.1, 0.15) is 0 Å². The van der Waals surface area contributed by atoms with E-state index < -0.39 is 0 Å². The van der Waals surface area contributed by atoms with E-state index >= 15 is 0 Å². The first-order valence-corrected chi connectivity index (χ1v) is 8.47. The highest BCUT2D eigenvalue weighted by atomic mass is 15.2. The highest BCUT2D eigenvalue weighted by Gasteiger charge is 2.31. The van der Waals surface area contributed by atoms with E-state index in [2.05, 4.69) is 55.0 Å². The summed E-state index contributed by atoms with van der Waals surface area (Å²) in [7, 11) is 0. The zero-order chi connectivity index (χ0) is 15.2. The Hall–Kier alpha value is -0.930. The average molecular weight is 289 g/mol. The average Bonchev–Trinajstić information content (AvgIpc) is 2.47. The molecular formula is C18H31N3. The number of piperazine rings is 1. The Morgan fingerprint density at radius 1 is 1.33 bits per heavy atom. The van der Waals surface area contributed by atoms with Gasteiger partial charge in [-0.1, -0.05) is 40.2 Å². The summed E-state index contributed by atoms with van der Waals surface area (Å²) < 4.78 is 0. The molecule has 3 heteroatoms. The molecule has 1 aromatic rings. The van der Waals surface area contributed by atoms with E-state index in [-0.39, 0.29) is 0 Å². The molecule has 1 fully saturated rings. The second-order valence-electron chi connectivity index (χ2n) is 6.94. The molecule has 21 heavy (non-hydrogen) atoms. The molecule has 1 saturated heterocycles. The minimum Gasteiger partial charge on any atom is -0.311 e. The Balaban J connectivity index is 2.05. The SMILES string of the molecule is CCC(C)C1CNC(CC(C)C)CN1Cc1ccccn1. The highest BCUT2D eigenvalue weighted by Crippen LogP contribution is 2.22. The number of aromatic nitrogens is 1. The zero-order valence-corrected chi connectivity index (χ0v) is 14.0. The van der Waals surface area contributed by atoms with Crippen LogP contribution in [0.15, 0.2) is 24.4 Å². The van der Waals surface area contributed by atoms with Gasteiger partial charge in [0.2, 0.25) is 0 Å². The fourth-order valence-electron chi connectivity index (χ4n) is 3.34. The lowest BCUT2D eigenvalue weighted by molar-refractivity contribution is 0.0776. The summed E-state index contributed by atoms with van der Waals surface area (Å²) >= 11 is 0.